The van der Waals surface area contributed by atoms with Gasteiger partial charge in [0, 0.05) is 13.0 Å². The van der Waals surface area contributed by atoms with Crippen LogP contribution in [0.3, 0.4) is 0 Å². The van der Waals surface area contributed by atoms with Crippen LogP contribution in [0, 0.1) is 5.92 Å². The number of nitrogens with zero attached hydrogens (tertiary/aromatic N) is 1. The van der Waals surface area contributed by atoms with Crippen molar-refractivity contribution >= 4 is 11.7 Å². The second-order valence-electron chi connectivity index (χ2n) is 4.65. The maximum Gasteiger partial charge on any atom is 0.222 e. The topological polar surface area (TPSA) is 50.5 Å². The average molecular weight is 235 g/mol. The highest BCUT2D eigenvalue weighted by molar-refractivity contribution is 5.97. The molecule has 1 saturated heterocycles. The molecule has 0 spiro atoms. The Morgan fingerprint density at radius 3 is 3.06 bits per heavy atom. The minimum absolute atomic E-state index is 0.0780. The van der Waals surface area contributed by atoms with Gasteiger partial charge in [0.15, 0.2) is 5.76 Å². The molecule has 0 radical (unpaired) electrons. The van der Waals surface area contributed by atoms with Crippen molar-refractivity contribution in [1.82, 2.24) is 4.90 Å². The summed E-state index contributed by atoms with van der Waals surface area (Å²) >= 11 is 0. The molecule has 1 atom stereocenters. The lowest BCUT2D eigenvalue weighted by Crippen LogP contribution is -2.35. The van der Waals surface area contributed by atoms with Crippen LogP contribution in [0.5, 0.6) is 0 Å². The van der Waals surface area contributed by atoms with Crippen molar-refractivity contribution in [2.45, 2.75) is 26.2 Å². The van der Waals surface area contributed by atoms with Gasteiger partial charge < -0.3 is 9.32 Å². The summed E-state index contributed by atoms with van der Waals surface area (Å²) in [5.41, 5.74) is 0. The average Bonchev–Trinajstić information content (AvgIpc) is 2.80. The molecule has 1 aromatic heterocycles. The molecule has 0 aliphatic carbocycles. The van der Waals surface area contributed by atoms with E-state index in [1.54, 1.807) is 17.0 Å². The Balaban J connectivity index is 1.98. The summed E-state index contributed by atoms with van der Waals surface area (Å²) in [5, 5.41) is 0. The van der Waals surface area contributed by atoms with Crippen LogP contribution in [-0.4, -0.2) is 29.7 Å². The third kappa shape index (κ3) is 2.96. The third-order valence-corrected chi connectivity index (χ3v) is 3.23. The van der Waals surface area contributed by atoms with E-state index in [2.05, 4.69) is 6.92 Å². The van der Waals surface area contributed by atoms with E-state index in [4.69, 9.17) is 4.42 Å². The molecule has 92 valence electrons. The molecule has 1 amide bonds. The van der Waals surface area contributed by atoms with Gasteiger partial charge in [-0.3, -0.25) is 9.59 Å². The fourth-order valence-electron chi connectivity index (χ4n) is 2.03. The summed E-state index contributed by atoms with van der Waals surface area (Å²) in [6.07, 6.45) is 3.91. The van der Waals surface area contributed by atoms with Crippen molar-refractivity contribution < 1.29 is 14.0 Å². The number of furan rings is 1. The van der Waals surface area contributed by atoms with Crippen LogP contribution < -0.4 is 0 Å². The van der Waals surface area contributed by atoms with Crippen molar-refractivity contribution in [2.75, 3.05) is 13.1 Å². The van der Waals surface area contributed by atoms with Gasteiger partial charge in [-0.1, -0.05) is 6.92 Å². The van der Waals surface area contributed by atoms with E-state index in [1.807, 2.05) is 0 Å². The number of hydrogen-bond donors (Lipinski definition) is 0. The Hall–Kier alpha value is -1.58. The number of likely N-dealkylation sites (tertiary alicyclic amines) is 1. The van der Waals surface area contributed by atoms with Crippen LogP contribution in [0.1, 0.15) is 36.7 Å². The number of amides is 1. The van der Waals surface area contributed by atoms with Gasteiger partial charge in [-0.2, -0.15) is 0 Å². The largest absolute Gasteiger partial charge is 0.461 e. The zero-order chi connectivity index (χ0) is 12.3. The van der Waals surface area contributed by atoms with Gasteiger partial charge in [0.05, 0.1) is 12.8 Å². The lowest BCUT2D eigenvalue weighted by atomic mass is 10.0. The zero-order valence-electron chi connectivity index (χ0n) is 10.0. The van der Waals surface area contributed by atoms with E-state index in [1.165, 1.54) is 6.26 Å². The van der Waals surface area contributed by atoms with Crippen LogP contribution in [-0.2, 0) is 4.79 Å². The summed E-state index contributed by atoms with van der Waals surface area (Å²) in [6.45, 7) is 2.96. The summed E-state index contributed by atoms with van der Waals surface area (Å²) in [4.78, 5) is 25.3. The van der Waals surface area contributed by atoms with Gasteiger partial charge >= 0.3 is 0 Å². The van der Waals surface area contributed by atoms with Crippen LogP contribution in [0.15, 0.2) is 22.8 Å². The molecule has 0 bridgehead atoms. The van der Waals surface area contributed by atoms with Gasteiger partial charge in [0.2, 0.25) is 11.7 Å². The first-order valence-corrected chi connectivity index (χ1v) is 6.01. The molecule has 2 rings (SSSR count). The van der Waals surface area contributed by atoms with E-state index in [9.17, 15) is 9.59 Å². The zero-order valence-corrected chi connectivity index (χ0v) is 10.0. The van der Waals surface area contributed by atoms with Gasteiger partial charge in [-0.05, 0) is 30.9 Å². The summed E-state index contributed by atoms with van der Waals surface area (Å²) < 4.78 is 5.04. The first-order chi connectivity index (χ1) is 8.16. The van der Waals surface area contributed by atoms with Gasteiger partial charge in [-0.15, -0.1) is 0 Å². The summed E-state index contributed by atoms with van der Waals surface area (Å²) in [5.74, 6) is 0.838. The molecule has 17 heavy (non-hydrogen) atoms. The first-order valence-electron chi connectivity index (χ1n) is 6.01. The molecule has 1 aromatic rings. The highest BCUT2D eigenvalue weighted by atomic mass is 16.3. The maximum atomic E-state index is 11.8. The van der Waals surface area contributed by atoms with Crippen LogP contribution in [0.2, 0.25) is 0 Å². The molecule has 0 saturated carbocycles. The second kappa shape index (κ2) is 5.17. The SMILES string of the molecule is CC1CCC(=O)N(CC(=O)c2ccco2)CC1. The Labute approximate surface area is 101 Å². The lowest BCUT2D eigenvalue weighted by molar-refractivity contribution is -0.130. The van der Waals surface area contributed by atoms with Crippen molar-refractivity contribution in [2.24, 2.45) is 5.92 Å². The lowest BCUT2D eigenvalue weighted by Gasteiger charge is -2.19. The summed E-state index contributed by atoms with van der Waals surface area (Å²) in [6, 6.07) is 3.31. The fourth-order valence-corrected chi connectivity index (χ4v) is 2.03. The molecule has 2 heterocycles. The van der Waals surface area contributed by atoms with Crippen molar-refractivity contribution in [1.29, 1.82) is 0 Å². The molecule has 4 heteroatoms. The van der Waals surface area contributed by atoms with E-state index < -0.39 is 0 Å². The van der Waals surface area contributed by atoms with Gasteiger partial charge in [0.25, 0.3) is 0 Å². The molecule has 0 aromatic carbocycles. The monoisotopic (exact) mass is 235 g/mol. The normalized spacial score (nSPS) is 21.4. The Bertz CT molecular complexity index is 397. The van der Waals surface area contributed by atoms with Crippen LogP contribution >= 0.6 is 0 Å². The third-order valence-electron chi connectivity index (χ3n) is 3.23. The number of ketones is 1. The molecule has 1 unspecified atom stereocenters. The minimum atomic E-state index is -0.127. The van der Waals surface area contributed by atoms with Crippen molar-refractivity contribution in [3.05, 3.63) is 24.2 Å². The number of carbonyl (C=O) groups is 2. The van der Waals surface area contributed by atoms with Gasteiger partial charge in [-0.25, -0.2) is 0 Å². The number of hydrogen-bond acceptors (Lipinski definition) is 3. The molecular weight excluding hydrogens is 218 g/mol. The highest BCUT2D eigenvalue weighted by Crippen LogP contribution is 2.17. The predicted molar refractivity (Wildman–Crippen MR) is 62.6 cm³/mol. The molecule has 1 fully saturated rings. The minimum Gasteiger partial charge on any atom is -0.461 e. The van der Waals surface area contributed by atoms with Gasteiger partial charge in [0.1, 0.15) is 0 Å². The molecule has 1 aliphatic rings. The number of Topliss-reactive ketones (excluding diaryl/α,β-unsaturated/α-hetero) is 1. The Kier molecular flexibility index (Phi) is 3.61. The first kappa shape index (κ1) is 11.9. The quantitative estimate of drug-likeness (QED) is 0.754. The molecule has 0 N–H and O–H groups in total. The maximum absolute atomic E-state index is 11.8. The second-order valence-corrected chi connectivity index (χ2v) is 4.65. The fraction of sp³-hybridized carbons (Fsp3) is 0.538. The molecule has 1 aliphatic heterocycles. The number of carbonyl (C=O) groups excluding carboxylic acids is 2. The molecular formula is C13H17NO3. The Morgan fingerprint density at radius 1 is 1.53 bits per heavy atom. The van der Waals surface area contributed by atoms with Crippen molar-refractivity contribution in [3.63, 3.8) is 0 Å². The van der Waals surface area contributed by atoms with E-state index in [-0.39, 0.29) is 18.2 Å². The Morgan fingerprint density at radius 2 is 2.35 bits per heavy atom. The van der Waals surface area contributed by atoms with E-state index in [0.717, 1.165) is 12.8 Å². The van der Waals surface area contributed by atoms with E-state index in [0.29, 0.717) is 24.6 Å². The van der Waals surface area contributed by atoms with E-state index >= 15 is 0 Å². The predicted octanol–water partition coefficient (Wildman–Crippen LogP) is 2.11. The summed E-state index contributed by atoms with van der Waals surface area (Å²) in [7, 11) is 0. The molecule has 4 nitrogen and oxygen atoms in total. The van der Waals surface area contributed by atoms with Crippen LogP contribution in [0.25, 0.3) is 0 Å². The smallest absolute Gasteiger partial charge is 0.222 e. The van der Waals surface area contributed by atoms with Crippen molar-refractivity contribution in [3.8, 4) is 0 Å². The number of rotatable bonds is 3. The standard InChI is InChI=1S/C13H17NO3/c1-10-4-5-13(16)14(7-6-10)9-11(15)12-3-2-8-17-12/h2-3,8,10H,4-7,9H2,1H3. The highest BCUT2D eigenvalue weighted by Gasteiger charge is 2.23. The van der Waals surface area contributed by atoms with Crippen LogP contribution in [0.4, 0.5) is 0 Å².